The summed E-state index contributed by atoms with van der Waals surface area (Å²) in [6.07, 6.45) is 1.51. The average molecular weight is 715 g/mol. The third-order valence-electron chi connectivity index (χ3n) is 6.61. The summed E-state index contributed by atoms with van der Waals surface area (Å²) in [7, 11) is 0. The zero-order chi connectivity index (χ0) is 32.5. The van der Waals surface area contributed by atoms with E-state index in [0.717, 1.165) is 14.9 Å². The van der Waals surface area contributed by atoms with Gasteiger partial charge in [0.05, 0.1) is 5.56 Å². The van der Waals surface area contributed by atoms with Gasteiger partial charge >= 0.3 is 0 Å². The van der Waals surface area contributed by atoms with E-state index in [9.17, 15) is 18.8 Å². The van der Waals surface area contributed by atoms with Crippen LogP contribution in [0.4, 0.5) is 15.8 Å². The summed E-state index contributed by atoms with van der Waals surface area (Å²) in [5, 5.41) is 8.30. The van der Waals surface area contributed by atoms with Crippen molar-refractivity contribution in [2.75, 3.05) is 10.6 Å². The lowest BCUT2D eigenvalue weighted by Crippen LogP contribution is -2.31. The number of hydrogen-bond donors (Lipinski definition) is 3. The number of carbonyl (C=O) groups excluding carboxylic acids is 3. The number of benzene rings is 5. The molecule has 5 aromatic rings. The molecule has 10 heteroatoms. The quantitative estimate of drug-likeness (QED) is 0.0995. The third kappa shape index (κ3) is 8.94. The molecule has 0 bridgehead atoms. The first-order chi connectivity index (χ1) is 22.2. The average Bonchev–Trinajstić information content (AvgIpc) is 3.06. The highest BCUT2D eigenvalue weighted by molar-refractivity contribution is 9.10. The van der Waals surface area contributed by atoms with Crippen molar-refractivity contribution < 1.29 is 18.8 Å². The molecule has 0 aliphatic heterocycles. The molecule has 0 spiro atoms. The van der Waals surface area contributed by atoms with Crippen LogP contribution in [-0.2, 0) is 9.59 Å². The second-order valence-electron chi connectivity index (χ2n) is 9.93. The minimum absolute atomic E-state index is 0.0722. The molecular weight excluding hydrogens is 689 g/mol. The van der Waals surface area contributed by atoms with Crippen LogP contribution < -0.4 is 16.0 Å². The Morgan fingerprint density at radius 1 is 0.739 bits per heavy atom. The fourth-order valence-electron chi connectivity index (χ4n) is 4.31. The molecule has 0 heterocycles. The van der Waals surface area contributed by atoms with Crippen molar-refractivity contribution in [1.29, 1.82) is 0 Å². The van der Waals surface area contributed by atoms with Crippen molar-refractivity contribution in [2.45, 2.75) is 10.1 Å². The zero-order valence-electron chi connectivity index (χ0n) is 24.0. The number of carbonyl (C=O) groups is 3. The van der Waals surface area contributed by atoms with Crippen molar-refractivity contribution in [2.24, 2.45) is 0 Å². The van der Waals surface area contributed by atoms with Crippen molar-refractivity contribution >= 4 is 74.5 Å². The molecule has 0 aliphatic rings. The Hall–Kier alpha value is -4.70. The van der Waals surface area contributed by atoms with Gasteiger partial charge in [-0.2, -0.15) is 0 Å². The largest absolute Gasteiger partial charge is 0.325 e. The summed E-state index contributed by atoms with van der Waals surface area (Å²) >= 11 is 10.7. The topological polar surface area (TPSA) is 87.3 Å². The fourth-order valence-corrected chi connectivity index (χ4v) is 5.73. The predicted octanol–water partition coefficient (Wildman–Crippen LogP) is 9.12. The molecule has 0 radical (unpaired) electrons. The van der Waals surface area contributed by atoms with E-state index in [0.29, 0.717) is 22.0 Å². The van der Waals surface area contributed by atoms with Gasteiger partial charge in [-0.3, -0.25) is 14.4 Å². The lowest BCUT2D eigenvalue weighted by atomic mass is 10.1. The van der Waals surface area contributed by atoms with Gasteiger partial charge in [-0.05, 0) is 90.0 Å². The normalized spacial score (nSPS) is 11.8. The molecular formula is C36H26BrClFN3O3S. The Kier molecular flexibility index (Phi) is 11.0. The van der Waals surface area contributed by atoms with E-state index in [1.54, 1.807) is 78.9 Å². The predicted molar refractivity (Wildman–Crippen MR) is 186 cm³/mol. The van der Waals surface area contributed by atoms with Gasteiger partial charge in [0.25, 0.3) is 11.8 Å². The highest BCUT2D eigenvalue weighted by atomic mass is 79.9. The van der Waals surface area contributed by atoms with Gasteiger partial charge < -0.3 is 16.0 Å². The summed E-state index contributed by atoms with van der Waals surface area (Å²) in [4.78, 5) is 40.5. The van der Waals surface area contributed by atoms with Gasteiger partial charge in [0.1, 0.15) is 16.8 Å². The maximum atomic E-state index is 14.3. The van der Waals surface area contributed by atoms with Gasteiger partial charge in [0.15, 0.2) is 0 Å². The third-order valence-corrected chi connectivity index (χ3v) is 8.66. The zero-order valence-corrected chi connectivity index (χ0v) is 27.2. The van der Waals surface area contributed by atoms with E-state index < -0.39 is 22.9 Å². The maximum absolute atomic E-state index is 14.3. The maximum Gasteiger partial charge on any atom is 0.272 e. The van der Waals surface area contributed by atoms with E-state index >= 15 is 0 Å². The van der Waals surface area contributed by atoms with Crippen LogP contribution in [0, 0.1) is 5.82 Å². The van der Waals surface area contributed by atoms with Crippen LogP contribution in [0.1, 0.15) is 26.7 Å². The number of rotatable bonds is 10. The Morgan fingerprint density at radius 3 is 2.02 bits per heavy atom. The van der Waals surface area contributed by atoms with Crippen LogP contribution in [-0.4, -0.2) is 17.7 Å². The number of anilines is 2. The molecule has 0 saturated heterocycles. The van der Waals surface area contributed by atoms with Crippen LogP contribution in [0.25, 0.3) is 6.08 Å². The number of thioether (sulfide) groups is 1. The molecule has 5 aromatic carbocycles. The van der Waals surface area contributed by atoms with Crippen LogP contribution in [0.5, 0.6) is 0 Å². The Bertz CT molecular complexity index is 1870. The molecule has 6 nitrogen and oxygen atoms in total. The van der Waals surface area contributed by atoms with Crippen molar-refractivity contribution in [3.05, 3.63) is 165 Å². The summed E-state index contributed by atoms with van der Waals surface area (Å²) in [6.45, 7) is 0. The van der Waals surface area contributed by atoms with Crippen LogP contribution >= 0.6 is 39.3 Å². The van der Waals surface area contributed by atoms with Gasteiger partial charge in [0, 0.05) is 25.8 Å². The smallest absolute Gasteiger partial charge is 0.272 e. The highest BCUT2D eigenvalue weighted by Gasteiger charge is 2.23. The number of hydrogen-bond acceptors (Lipinski definition) is 4. The Morgan fingerprint density at radius 2 is 1.35 bits per heavy atom. The second-order valence-corrected chi connectivity index (χ2v) is 12.5. The minimum atomic E-state index is -0.757. The van der Waals surface area contributed by atoms with E-state index in [1.165, 1.54) is 36.0 Å². The summed E-state index contributed by atoms with van der Waals surface area (Å²) in [6, 6.07) is 36.0. The number of halogens is 3. The highest BCUT2D eigenvalue weighted by Crippen LogP contribution is 2.37. The molecule has 0 saturated carbocycles. The summed E-state index contributed by atoms with van der Waals surface area (Å²) < 4.78 is 15.2. The van der Waals surface area contributed by atoms with Crippen LogP contribution in [0.15, 0.2) is 142 Å². The van der Waals surface area contributed by atoms with E-state index in [4.69, 9.17) is 11.6 Å². The van der Waals surface area contributed by atoms with Crippen molar-refractivity contribution in [1.82, 2.24) is 5.32 Å². The molecule has 0 aromatic heterocycles. The standard InChI is InChI=1S/C36H26BrClFN3O3S/c37-25-12-10-23(11-13-25)22-32(42-34(43)30-8-4-5-9-31(30)39)35(44)40-28-18-20-29(21-19-28)46-33(24-6-2-1-3-7-24)36(45)41-27-16-14-26(38)15-17-27/h1-22,33H,(H,40,44)(H,41,45)(H,42,43)/b32-22+. The Labute approximate surface area is 283 Å². The molecule has 3 N–H and O–H groups in total. The molecule has 46 heavy (non-hydrogen) atoms. The molecule has 5 rings (SSSR count). The van der Waals surface area contributed by atoms with Gasteiger partial charge in [-0.25, -0.2) is 4.39 Å². The molecule has 3 amide bonds. The minimum Gasteiger partial charge on any atom is -0.325 e. The van der Waals surface area contributed by atoms with E-state index in [-0.39, 0.29) is 17.2 Å². The lowest BCUT2D eigenvalue weighted by Gasteiger charge is -2.17. The SMILES string of the molecule is O=C(Nc1ccc(SC(C(=O)Nc2ccc(Cl)cc2)c2ccccc2)cc1)/C(=C\c1ccc(Br)cc1)NC(=O)c1ccccc1F. The van der Waals surface area contributed by atoms with Crippen molar-refractivity contribution in [3.8, 4) is 0 Å². The molecule has 230 valence electrons. The van der Waals surface area contributed by atoms with Crippen molar-refractivity contribution in [3.63, 3.8) is 0 Å². The Balaban J connectivity index is 1.33. The van der Waals surface area contributed by atoms with E-state index in [2.05, 4.69) is 31.9 Å². The fraction of sp³-hybridized carbons (Fsp3) is 0.0278. The molecule has 0 aliphatic carbocycles. The van der Waals surface area contributed by atoms with Crippen LogP contribution in [0.3, 0.4) is 0 Å². The molecule has 1 unspecified atom stereocenters. The van der Waals surface area contributed by atoms with Gasteiger partial charge in [-0.15, -0.1) is 11.8 Å². The second kappa shape index (κ2) is 15.5. The summed E-state index contributed by atoms with van der Waals surface area (Å²) in [5.41, 5.74) is 2.30. The number of amides is 3. The van der Waals surface area contributed by atoms with Crippen LogP contribution in [0.2, 0.25) is 5.02 Å². The first-order valence-corrected chi connectivity index (χ1v) is 16.0. The first kappa shape index (κ1) is 32.7. The van der Waals surface area contributed by atoms with E-state index in [1.807, 2.05) is 30.3 Å². The lowest BCUT2D eigenvalue weighted by molar-refractivity contribution is -0.116. The molecule has 0 fully saturated rings. The molecule has 1 atom stereocenters. The monoisotopic (exact) mass is 713 g/mol. The first-order valence-electron chi connectivity index (χ1n) is 14.0. The summed E-state index contributed by atoms with van der Waals surface area (Å²) in [5.74, 6) is -2.26. The van der Waals surface area contributed by atoms with Gasteiger partial charge in [-0.1, -0.05) is 82.1 Å². The van der Waals surface area contributed by atoms with Gasteiger partial charge in [0.2, 0.25) is 5.91 Å². The number of nitrogens with one attached hydrogen (secondary N) is 3.